The standard InChI is InChI=1S/C24H22N4O2S/c1-2-17-8-6-7-11-21(17)25-22(30)16-31-24-27-26-23(18-12-14-20(29)15-13-18)28(24)19-9-4-3-5-10-19/h3-15,29H,2,16H2,1H3,(H,25,30). The van der Waals surface area contributed by atoms with Gasteiger partial charge in [0.25, 0.3) is 0 Å². The molecular formula is C24H22N4O2S. The molecule has 2 N–H and O–H groups in total. The van der Waals surface area contributed by atoms with Gasteiger partial charge in [-0.2, -0.15) is 0 Å². The maximum atomic E-state index is 12.6. The number of phenols is 1. The van der Waals surface area contributed by atoms with Gasteiger partial charge in [0, 0.05) is 16.9 Å². The third-order valence-corrected chi connectivity index (χ3v) is 5.71. The van der Waals surface area contributed by atoms with Gasteiger partial charge >= 0.3 is 0 Å². The van der Waals surface area contributed by atoms with Crippen LogP contribution in [0, 0.1) is 0 Å². The number of benzene rings is 3. The Kier molecular flexibility index (Phi) is 6.33. The highest BCUT2D eigenvalue weighted by molar-refractivity contribution is 7.99. The molecule has 4 aromatic rings. The summed E-state index contributed by atoms with van der Waals surface area (Å²) in [5, 5.41) is 21.9. The molecule has 0 bridgehead atoms. The molecule has 31 heavy (non-hydrogen) atoms. The molecular weight excluding hydrogens is 408 g/mol. The number of thioether (sulfide) groups is 1. The Morgan fingerprint density at radius 3 is 2.42 bits per heavy atom. The van der Waals surface area contributed by atoms with Gasteiger partial charge in [0.2, 0.25) is 5.91 Å². The van der Waals surface area contributed by atoms with E-state index in [0.29, 0.717) is 11.0 Å². The summed E-state index contributed by atoms with van der Waals surface area (Å²) in [6, 6.07) is 24.4. The van der Waals surface area contributed by atoms with Crippen LogP contribution >= 0.6 is 11.8 Å². The number of amides is 1. The first-order valence-corrected chi connectivity index (χ1v) is 10.9. The van der Waals surface area contributed by atoms with Gasteiger partial charge in [0.15, 0.2) is 11.0 Å². The molecule has 7 heteroatoms. The van der Waals surface area contributed by atoms with Crippen LogP contribution in [0.3, 0.4) is 0 Å². The molecule has 0 atom stereocenters. The quantitative estimate of drug-likeness (QED) is 0.406. The fourth-order valence-corrected chi connectivity index (χ4v) is 3.99. The molecule has 0 saturated carbocycles. The molecule has 1 heterocycles. The molecule has 4 rings (SSSR count). The Morgan fingerprint density at radius 1 is 0.968 bits per heavy atom. The first kappa shape index (κ1) is 20.7. The molecule has 156 valence electrons. The zero-order chi connectivity index (χ0) is 21.6. The summed E-state index contributed by atoms with van der Waals surface area (Å²) >= 11 is 1.33. The molecule has 0 aliphatic heterocycles. The van der Waals surface area contributed by atoms with Crippen molar-refractivity contribution in [1.29, 1.82) is 0 Å². The lowest BCUT2D eigenvalue weighted by molar-refractivity contribution is -0.113. The van der Waals surface area contributed by atoms with E-state index in [4.69, 9.17) is 0 Å². The Bertz CT molecular complexity index is 1170. The van der Waals surface area contributed by atoms with Crippen molar-refractivity contribution in [1.82, 2.24) is 14.8 Å². The van der Waals surface area contributed by atoms with E-state index in [9.17, 15) is 9.90 Å². The molecule has 0 spiro atoms. The zero-order valence-electron chi connectivity index (χ0n) is 17.0. The molecule has 3 aromatic carbocycles. The number of hydrogen-bond donors (Lipinski definition) is 2. The first-order chi connectivity index (χ1) is 15.2. The maximum Gasteiger partial charge on any atom is 0.234 e. The number of carbonyl (C=O) groups excluding carboxylic acids is 1. The molecule has 6 nitrogen and oxygen atoms in total. The van der Waals surface area contributed by atoms with Crippen LogP contribution < -0.4 is 5.32 Å². The second-order valence-electron chi connectivity index (χ2n) is 6.87. The average molecular weight is 431 g/mol. The fourth-order valence-electron chi connectivity index (χ4n) is 3.24. The van der Waals surface area contributed by atoms with E-state index in [1.54, 1.807) is 24.3 Å². The van der Waals surface area contributed by atoms with E-state index < -0.39 is 0 Å². The molecule has 0 saturated heterocycles. The number of phenolic OH excluding ortho intramolecular Hbond substituents is 1. The number of hydrogen-bond acceptors (Lipinski definition) is 5. The summed E-state index contributed by atoms with van der Waals surface area (Å²) in [6.07, 6.45) is 0.849. The number of aromatic hydroxyl groups is 1. The normalized spacial score (nSPS) is 10.7. The number of rotatable bonds is 7. The van der Waals surface area contributed by atoms with Gasteiger partial charge < -0.3 is 10.4 Å². The monoisotopic (exact) mass is 430 g/mol. The lowest BCUT2D eigenvalue weighted by atomic mass is 10.1. The Hall–Kier alpha value is -3.58. The topological polar surface area (TPSA) is 80.0 Å². The maximum absolute atomic E-state index is 12.6. The average Bonchev–Trinajstić information content (AvgIpc) is 3.23. The second-order valence-corrected chi connectivity index (χ2v) is 7.81. The Labute approximate surface area is 185 Å². The van der Waals surface area contributed by atoms with Crippen molar-refractivity contribution in [2.24, 2.45) is 0 Å². The van der Waals surface area contributed by atoms with Crippen molar-refractivity contribution < 1.29 is 9.90 Å². The highest BCUT2D eigenvalue weighted by Gasteiger charge is 2.17. The molecule has 0 aliphatic rings. The van der Waals surface area contributed by atoms with Crippen molar-refractivity contribution in [3.05, 3.63) is 84.4 Å². The SMILES string of the molecule is CCc1ccccc1NC(=O)CSc1nnc(-c2ccc(O)cc2)n1-c1ccccc1. The molecule has 0 unspecified atom stereocenters. The predicted molar refractivity (Wildman–Crippen MR) is 124 cm³/mol. The largest absolute Gasteiger partial charge is 0.508 e. The van der Waals surface area contributed by atoms with E-state index in [-0.39, 0.29) is 17.4 Å². The minimum Gasteiger partial charge on any atom is -0.508 e. The van der Waals surface area contributed by atoms with Gasteiger partial charge in [0.05, 0.1) is 5.75 Å². The Morgan fingerprint density at radius 2 is 1.68 bits per heavy atom. The predicted octanol–water partition coefficient (Wildman–Crippen LogP) is 4.93. The van der Waals surface area contributed by atoms with Crippen LogP contribution in [0.25, 0.3) is 17.1 Å². The number of nitrogens with zero attached hydrogens (tertiary/aromatic N) is 3. The molecule has 1 aromatic heterocycles. The van der Waals surface area contributed by atoms with Gasteiger partial charge in [-0.3, -0.25) is 9.36 Å². The first-order valence-electron chi connectivity index (χ1n) is 9.96. The third kappa shape index (κ3) is 4.78. The Balaban J connectivity index is 1.58. The summed E-state index contributed by atoms with van der Waals surface area (Å²) in [4.78, 5) is 12.6. The highest BCUT2D eigenvalue weighted by atomic mass is 32.2. The minimum absolute atomic E-state index is 0.0975. The van der Waals surface area contributed by atoms with Crippen LogP contribution in [-0.4, -0.2) is 31.5 Å². The van der Waals surface area contributed by atoms with Gasteiger partial charge in [-0.05, 0) is 54.4 Å². The lowest BCUT2D eigenvalue weighted by Crippen LogP contribution is -2.15. The second kappa shape index (κ2) is 9.49. The number of aryl methyl sites for hydroxylation is 1. The van der Waals surface area contributed by atoms with Crippen molar-refractivity contribution in [3.8, 4) is 22.8 Å². The van der Waals surface area contributed by atoms with Crippen LogP contribution in [0.1, 0.15) is 12.5 Å². The van der Waals surface area contributed by atoms with Crippen molar-refractivity contribution in [2.45, 2.75) is 18.5 Å². The van der Waals surface area contributed by atoms with Gasteiger partial charge in [-0.1, -0.05) is 55.1 Å². The number of para-hydroxylation sites is 2. The molecule has 0 fully saturated rings. The summed E-state index contributed by atoms with van der Waals surface area (Å²) in [5.74, 6) is 0.941. The summed E-state index contributed by atoms with van der Waals surface area (Å²) in [7, 11) is 0. The summed E-state index contributed by atoms with van der Waals surface area (Å²) < 4.78 is 1.92. The van der Waals surface area contributed by atoms with Gasteiger partial charge in [-0.15, -0.1) is 10.2 Å². The minimum atomic E-state index is -0.0975. The fraction of sp³-hybridized carbons (Fsp3) is 0.125. The summed E-state index contributed by atoms with van der Waals surface area (Å²) in [6.45, 7) is 2.06. The van der Waals surface area contributed by atoms with Crippen molar-refractivity contribution in [3.63, 3.8) is 0 Å². The van der Waals surface area contributed by atoms with Crippen LogP contribution in [0.5, 0.6) is 5.75 Å². The number of aromatic nitrogens is 3. The molecule has 1 amide bonds. The van der Waals surface area contributed by atoms with Crippen molar-refractivity contribution in [2.75, 3.05) is 11.1 Å². The number of nitrogens with one attached hydrogen (secondary N) is 1. The van der Waals surface area contributed by atoms with Crippen LogP contribution in [0.2, 0.25) is 0 Å². The van der Waals surface area contributed by atoms with E-state index >= 15 is 0 Å². The number of anilines is 1. The van der Waals surface area contributed by atoms with Crippen LogP contribution in [0.4, 0.5) is 5.69 Å². The van der Waals surface area contributed by atoms with Gasteiger partial charge in [-0.25, -0.2) is 0 Å². The smallest absolute Gasteiger partial charge is 0.234 e. The molecule has 0 radical (unpaired) electrons. The molecule has 0 aliphatic carbocycles. The van der Waals surface area contributed by atoms with E-state index in [1.165, 1.54) is 11.8 Å². The van der Waals surface area contributed by atoms with E-state index in [0.717, 1.165) is 28.9 Å². The number of carbonyl (C=O) groups is 1. The van der Waals surface area contributed by atoms with E-state index in [2.05, 4.69) is 22.4 Å². The van der Waals surface area contributed by atoms with Gasteiger partial charge in [0.1, 0.15) is 5.75 Å². The highest BCUT2D eigenvalue weighted by Crippen LogP contribution is 2.29. The van der Waals surface area contributed by atoms with Crippen molar-refractivity contribution >= 4 is 23.4 Å². The third-order valence-electron chi connectivity index (χ3n) is 4.78. The lowest BCUT2D eigenvalue weighted by Gasteiger charge is -2.11. The van der Waals surface area contributed by atoms with E-state index in [1.807, 2.05) is 59.2 Å². The van der Waals surface area contributed by atoms with Crippen LogP contribution in [0.15, 0.2) is 84.0 Å². The van der Waals surface area contributed by atoms with Crippen LogP contribution in [-0.2, 0) is 11.2 Å². The summed E-state index contributed by atoms with van der Waals surface area (Å²) in [5.41, 5.74) is 3.66. The zero-order valence-corrected chi connectivity index (χ0v) is 17.8.